The first-order valence-electron chi connectivity index (χ1n) is 6.95. The summed E-state index contributed by atoms with van der Waals surface area (Å²) in [7, 11) is 0. The van der Waals surface area contributed by atoms with E-state index in [2.05, 4.69) is 0 Å². The standard InChI is InChI=1S/C15H15F2NO3S/c16-12-5-10(18-7-11(8-19)21-15(18)20)6-13(17)14(12)9-1-3-22-4-2-9/h1,5-6,11,19H,2-4,7-8H2/t11-/m1/s1. The van der Waals surface area contributed by atoms with Crippen molar-refractivity contribution in [2.45, 2.75) is 12.5 Å². The molecule has 1 atom stereocenters. The number of carbonyl (C=O) groups is 1. The first-order chi connectivity index (χ1) is 10.6. The number of ether oxygens (including phenoxy) is 1. The number of allylic oxidation sites excluding steroid dienone is 1. The number of hydrogen-bond donors (Lipinski definition) is 1. The van der Waals surface area contributed by atoms with Gasteiger partial charge in [-0.2, -0.15) is 11.8 Å². The van der Waals surface area contributed by atoms with Crippen molar-refractivity contribution in [2.75, 3.05) is 29.6 Å². The third-order valence-corrected chi connectivity index (χ3v) is 4.60. The van der Waals surface area contributed by atoms with Crippen LogP contribution >= 0.6 is 11.8 Å². The Labute approximate surface area is 130 Å². The molecule has 0 spiro atoms. The maximum absolute atomic E-state index is 14.3. The van der Waals surface area contributed by atoms with Crippen molar-refractivity contribution in [3.05, 3.63) is 35.4 Å². The lowest BCUT2D eigenvalue weighted by atomic mass is 10.0. The Morgan fingerprint density at radius 3 is 2.64 bits per heavy atom. The molecule has 0 saturated carbocycles. The number of anilines is 1. The number of rotatable bonds is 3. The first-order valence-corrected chi connectivity index (χ1v) is 8.11. The molecule has 1 amide bonds. The molecular weight excluding hydrogens is 312 g/mol. The Kier molecular flexibility index (Phi) is 4.35. The van der Waals surface area contributed by atoms with Crippen molar-refractivity contribution in [1.82, 2.24) is 0 Å². The van der Waals surface area contributed by atoms with Gasteiger partial charge in [0, 0.05) is 11.3 Å². The quantitative estimate of drug-likeness (QED) is 0.927. The summed E-state index contributed by atoms with van der Waals surface area (Å²) in [6.07, 6.45) is 1.08. The zero-order valence-corrected chi connectivity index (χ0v) is 12.5. The van der Waals surface area contributed by atoms with Crippen molar-refractivity contribution in [3.8, 4) is 0 Å². The van der Waals surface area contributed by atoms with E-state index in [4.69, 9.17) is 9.84 Å². The van der Waals surface area contributed by atoms with Gasteiger partial charge in [0.1, 0.15) is 17.7 Å². The van der Waals surface area contributed by atoms with Gasteiger partial charge in [-0.1, -0.05) is 6.08 Å². The molecule has 2 heterocycles. The van der Waals surface area contributed by atoms with Crippen LogP contribution in [0.15, 0.2) is 18.2 Å². The van der Waals surface area contributed by atoms with Crippen LogP contribution in [0.3, 0.4) is 0 Å². The zero-order chi connectivity index (χ0) is 15.7. The number of amides is 1. The predicted molar refractivity (Wildman–Crippen MR) is 81.0 cm³/mol. The Balaban J connectivity index is 1.93. The van der Waals surface area contributed by atoms with E-state index in [1.54, 1.807) is 11.8 Å². The molecule has 0 radical (unpaired) electrons. The molecule has 3 rings (SSSR count). The molecule has 118 valence electrons. The summed E-state index contributed by atoms with van der Waals surface area (Å²) in [6, 6.07) is 2.28. The van der Waals surface area contributed by atoms with Gasteiger partial charge in [0.25, 0.3) is 0 Å². The van der Waals surface area contributed by atoms with Crippen molar-refractivity contribution >= 4 is 29.1 Å². The van der Waals surface area contributed by atoms with Gasteiger partial charge in [-0.05, 0) is 29.9 Å². The van der Waals surface area contributed by atoms with Gasteiger partial charge in [-0.25, -0.2) is 13.6 Å². The minimum atomic E-state index is -0.709. The molecule has 0 aliphatic carbocycles. The number of hydrogen-bond acceptors (Lipinski definition) is 4. The summed E-state index contributed by atoms with van der Waals surface area (Å²) in [5.74, 6) is 0.206. The smallest absolute Gasteiger partial charge is 0.414 e. The molecule has 1 fully saturated rings. The fourth-order valence-corrected chi connectivity index (χ4v) is 3.45. The maximum Gasteiger partial charge on any atom is 0.414 e. The fourth-order valence-electron chi connectivity index (χ4n) is 2.60. The maximum atomic E-state index is 14.3. The summed E-state index contributed by atoms with van der Waals surface area (Å²) >= 11 is 1.72. The summed E-state index contributed by atoms with van der Waals surface area (Å²) in [5, 5.41) is 9.01. The third-order valence-electron chi connectivity index (χ3n) is 3.70. The largest absolute Gasteiger partial charge is 0.441 e. The molecule has 7 heteroatoms. The minimum absolute atomic E-state index is 0.0182. The Hall–Kier alpha value is -1.60. The van der Waals surface area contributed by atoms with Gasteiger partial charge in [0.05, 0.1) is 18.8 Å². The highest BCUT2D eigenvalue weighted by molar-refractivity contribution is 7.99. The highest BCUT2D eigenvalue weighted by atomic mass is 32.2. The van der Waals surface area contributed by atoms with Gasteiger partial charge in [-0.3, -0.25) is 4.90 Å². The molecule has 2 aliphatic rings. The van der Waals surface area contributed by atoms with Crippen LogP contribution in [0, 0.1) is 11.6 Å². The fraction of sp³-hybridized carbons (Fsp3) is 0.400. The van der Waals surface area contributed by atoms with E-state index in [1.807, 2.05) is 6.08 Å². The van der Waals surface area contributed by atoms with Crippen LogP contribution in [0.1, 0.15) is 12.0 Å². The molecule has 22 heavy (non-hydrogen) atoms. The van der Waals surface area contributed by atoms with Gasteiger partial charge >= 0.3 is 6.09 Å². The molecule has 1 aromatic carbocycles. The van der Waals surface area contributed by atoms with Gasteiger partial charge < -0.3 is 9.84 Å². The van der Waals surface area contributed by atoms with Crippen molar-refractivity contribution in [2.24, 2.45) is 0 Å². The Morgan fingerprint density at radius 2 is 2.09 bits per heavy atom. The number of nitrogens with zero attached hydrogens (tertiary/aromatic N) is 1. The number of carbonyl (C=O) groups excluding carboxylic acids is 1. The molecule has 1 aromatic rings. The molecule has 0 unspecified atom stereocenters. The molecule has 2 aliphatic heterocycles. The number of thioether (sulfide) groups is 1. The summed E-state index contributed by atoms with van der Waals surface area (Å²) in [6.45, 7) is -0.247. The van der Waals surface area contributed by atoms with Gasteiger partial charge in [0.15, 0.2) is 0 Å². The van der Waals surface area contributed by atoms with Crippen LogP contribution in [-0.4, -0.2) is 42.0 Å². The van der Waals surface area contributed by atoms with Crippen LogP contribution < -0.4 is 4.90 Å². The monoisotopic (exact) mass is 327 g/mol. The van der Waals surface area contributed by atoms with Gasteiger partial charge in [0.2, 0.25) is 0 Å². The van der Waals surface area contributed by atoms with Crippen molar-refractivity contribution in [1.29, 1.82) is 0 Å². The molecule has 4 nitrogen and oxygen atoms in total. The van der Waals surface area contributed by atoms with E-state index >= 15 is 0 Å². The van der Waals surface area contributed by atoms with Gasteiger partial charge in [-0.15, -0.1) is 0 Å². The minimum Gasteiger partial charge on any atom is -0.441 e. The highest BCUT2D eigenvalue weighted by Gasteiger charge is 2.33. The normalized spacial score (nSPS) is 21.8. The molecule has 0 aromatic heterocycles. The van der Waals surface area contributed by atoms with E-state index in [9.17, 15) is 13.6 Å². The lowest BCUT2D eigenvalue weighted by molar-refractivity contribution is 0.0963. The van der Waals surface area contributed by atoms with Crippen LogP contribution in [0.4, 0.5) is 19.3 Å². The Morgan fingerprint density at radius 1 is 1.36 bits per heavy atom. The van der Waals surface area contributed by atoms with Crippen LogP contribution in [-0.2, 0) is 4.74 Å². The lowest BCUT2D eigenvalue weighted by Crippen LogP contribution is -2.25. The number of benzene rings is 1. The second-order valence-corrected chi connectivity index (χ2v) is 6.29. The van der Waals surface area contributed by atoms with E-state index in [-0.39, 0.29) is 24.4 Å². The average molecular weight is 327 g/mol. The first kappa shape index (κ1) is 15.3. The zero-order valence-electron chi connectivity index (χ0n) is 11.7. The van der Waals surface area contributed by atoms with Crippen molar-refractivity contribution in [3.63, 3.8) is 0 Å². The molecular formula is C15H15F2NO3S. The lowest BCUT2D eigenvalue weighted by Gasteiger charge is -2.18. The number of halogens is 2. The Bertz CT molecular complexity index is 612. The summed E-state index contributed by atoms with van der Waals surface area (Å²) in [5.41, 5.74) is 0.748. The van der Waals surface area contributed by atoms with Crippen LogP contribution in [0.5, 0.6) is 0 Å². The highest BCUT2D eigenvalue weighted by Crippen LogP contribution is 2.33. The molecule has 1 saturated heterocycles. The topological polar surface area (TPSA) is 49.8 Å². The average Bonchev–Trinajstić information content (AvgIpc) is 2.89. The van der Waals surface area contributed by atoms with Crippen molar-refractivity contribution < 1.29 is 23.4 Å². The number of aliphatic hydroxyl groups excluding tert-OH is 1. The van der Waals surface area contributed by atoms with E-state index < -0.39 is 23.8 Å². The second-order valence-electron chi connectivity index (χ2n) is 5.14. The third kappa shape index (κ3) is 2.83. The van der Waals surface area contributed by atoms with E-state index in [0.717, 1.165) is 28.5 Å². The van der Waals surface area contributed by atoms with Crippen LogP contribution in [0.2, 0.25) is 0 Å². The number of cyclic esters (lactones) is 1. The SMILES string of the molecule is O=C1O[C@@H](CO)CN1c1cc(F)c(C2=CCSCC2)c(F)c1. The van der Waals surface area contributed by atoms with E-state index in [1.165, 1.54) is 0 Å². The molecule has 1 N–H and O–H groups in total. The molecule has 0 bridgehead atoms. The number of aliphatic hydroxyl groups is 1. The summed E-state index contributed by atoms with van der Waals surface area (Å²) in [4.78, 5) is 12.8. The second kappa shape index (κ2) is 6.26. The predicted octanol–water partition coefficient (Wildman–Crippen LogP) is 2.80. The van der Waals surface area contributed by atoms with Crippen LogP contribution in [0.25, 0.3) is 5.57 Å². The summed E-state index contributed by atoms with van der Waals surface area (Å²) < 4.78 is 33.6. The van der Waals surface area contributed by atoms with E-state index in [0.29, 0.717) is 12.0 Å².